The lowest BCUT2D eigenvalue weighted by molar-refractivity contribution is 0.0945. The average Bonchev–Trinajstić information content (AvgIpc) is 2.94. The monoisotopic (exact) mass is 253 g/mol. The highest BCUT2D eigenvalue weighted by Crippen LogP contribution is 2.10. The van der Waals surface area contributed by atoms with Crippen LogP contribution in [0.4, 0.5) is 0 Å². The lowest BCUT2D eigenvalue weighted by Gasteiger charge is -2.01. The zero-order valence-electron chi connectivity index (χ0n) is 9.27. The molecule has 0 aliphatic heterocycles. The van der Waals surface area contributed by atoms with Gasteiger partial charge in [-0.15, -0.1) is 0 Å². The Morgan fingerprint density at radius 2 is 2.47 bits per heavy atom. The van der Waals surface area contributed by atoms with Crippen molar-refractivity contribution in [1.29, 1.82) is 0 Å². The topological polar surface area (TPSA) is 75.6 Å². The number of carbonyl (C=O) groups excluding carboxylic acids is 1. The van der Waals surface area contributed by atoms with E-state index in [0.29, 0.717) is 11.6 Å². The highest BCUT2D eigenvalue weighted by molar-refractivity contribution is 6.33. The molecular formula is C10H12ClN5O. The Morgan fingerprint density at radius 1 is 1.65 bits per heavy atom. The molecule has 2 aromatic heterocycles. The fourth-order valence-electron chi connectivity index (χ4n) is 1.36. The van der Waals surface area contributed by atoms with Crippen LogP contribution >= 0.6 is 11.6 Å². The van der Waals surface area contributed by atoms with Gasteiger partial charge in [0.15, 0.2) is 0 Å². The van der Waals surface area contributed by atoms with Crippen LogP contribution < -0.4 is 5.32 Å². The molecule has 6 nitrogen and oxygen atoms in total. The number of nitrogens with one attached hydrogen (secondary N) is 2. The zero-order chi connectivity index (χ0) is 12.3. The lowest BCUT2D eigenvalue weighted by atomic mass is 10.4. The third-order valence-corrected chi connectivity index (χ3v) is 2.56. The molecule has 17 heavy (non-hydrogen) atoms. The number of H-pyrrole nitrogens is 1. The molecular weight excluding hydrogens is 242 g/mol. The van der Waals surface area contributed by atoms with Crippen molar-refractivity contribution in [3.8, 4) is 0 Å². The van der Waals surface area contributed by atoms with E-state index >= 15 is 0 Å². The number of carbonyl (C=O) groups is 1. The normalized spacial score (nSPS) is 10.5. The number of hydrogen-bond donors (Lipinski definition) is 2. The second-order valence-corrected chi connectivity index (χ2v) is 3.85. The summed E-state index contributed by atoms with van der Waals surface area (Å²) in [5.41, 5.74) is 1.07. The van der Waals surface area contributed by atoms with E-state index in [2.05, 4.69) is 20.6 Å². The summed E-state index contributed by atoms with van der Waals surface area (Å²) in [5, 5.41) is 13.5. The first kappa shape index (κ1) is 11.7. The van der Waals surface area contributed by atoms with Crippen LogP contribution in [0.15, 0.2) is 18.5 Å². The van der Waals surface area contributed by atoms with Crippen molar-refractivity contribution in [3.05, 3.63) is 34.9 Å². The minimum atomic E-state index is -0.293. The first-order chi connectivity index (χ1) is 8.20. The van der Waals surface area contributed by atoms with Crippen LogP contribution in [-0.4, -0.2) is 25.9 Å². The molecule has 0 fully saturated rings. The predicted octanol–water partition coefficient (Wildman–Crippen LogP) is 1.21. The van der Waals surface area contributed by atoms with Crippen molar-refractivity contribution in [2.45, 2.75) is 20.0 Å². The smallest absolute Gasteiger partial charge is 0.271 e. The average molecular weight is 254 g/mol. The number of hydrogen-bond acceptors (Lipinski definition) is 3. The minimum absolute atomic E-state index is 0.265. The number of aryl methyl sites for hydroxylation is 1. The van der Waals surface area contributed by atoms with E-state index in [4.69, 9.17) is 11.6 Å². The molecule has 0 aliphatic carbocycles. The molecule has 2 N–H and O–H groups in total. The Kier molecular flexibility index (Phi) is 3.43. The maximum Gasteiger partial charge on any atom is 0.271 e. The molecule has 7 heteroatoms. The maximum atomic E-state index is 11.7. The van der Waals surface area contributed by atoms with Gasteiger partial charge in [-0.1, -0.05) is 11.6 Å². The Balaban J connectivity index is 1.94. The van der Waals surface area contributed by atoms with Gasteiger partial charge in [-0.3, -0.25) is 14.6 Å². The van der Waals surface area contributed by atoms with Crippen LogP contribution in [0.3, 0.4) is 0 Å². The Labute approximate surface area is 103 Å². The van der Waals surface area contributed by atoms with Gasteiger partial charge >= 0.3 is 0 Å². The summed E-state index contributed by atoms with van der Waals surface area (Å²) in [5.74, 6) is -0.293. The molecule has 2 rings (SSSR count). The van der Waals surface area contributed by atoms with Crippen LogP contribution in [0.5, 0.6) is 0 Å². The second-order valence-electron chi connectivity index (χ2n) is 3.44. The molecule has 0 atom stereocenters. The van der Waals surface area contributed by atoms with Crippen molar-refractivity contribution in [1.82, 2.24) is 25.3 Å². The summed E-state index contributed by atoms with van der Waals surface area (Å²) in [6.07, 6.45) is 3.26. The van der Waals surface area contributed by atoms with E-state index in [-0.39, 0.29) is 11.6 Å². The van der Waals surface area contributed by atoms with Gasteiger partial charge in [0.2, 0.25) is 0 Å². The Hall–Kier alpha value is -1.82. The Morgan fingerprint density at radius 3 is 3.06 bits per heavy atom. The van der Waals surface area contributed by atoms with E-state index in [1.165, 1.54) is 6.20 Å². The molecule has 0 aromatic carbocycles. The van der Waals surface area contributed by atoms with E-state index in [0.717, 1.165) is 12.2 Å². The third-order valence-electron chi connectivity index (χ3n) is 2.27. The minimum Gasteiger partial charge on any atom is -0.345 e. The quantitative estimate of drug-likeness (QED) is 0.860. The number of halogens is 1. The van der Waals surface area contributed by atoms with Crippen LogP contribution in [0, 0.1) is 0 Å². The third kappa shape index (κ3) is 2.65. The fraction of sp³-hybridized carbons (Fsp3) is 0.300. The number of aromatic amines is 1. The maximum absolute atomic E-state index is 11.7. The van der Waals surface area contributed by atoms with Gasteiger partial charge in [-0.25, -0.2) is 0 Å². The van der Waals surface area contributed by atoms with Crippen molar-refractivity contribution in [2.75, 3.05) is 0 Å². The molecule has 0 unspecified atom stereocenters. The summed E-state index contributed by atoms with van der Waals surface area (Å²) in [6.45, 7) is 3.17. The van der Waals surface area contributed by atoms with Gasteiger partial charge in [0.1, 0.15) is 5.69 Å². The molecule has 2 aromatic rings. The second kappa shape index (κ2) is 5.01. The molecule has 0 spiro atoms. The van der Waals surface area contributed by atoms with Crippen molar-refractivity contribution in [2.24, 2.45) is 0 Å². The van der Waals surface area contributed by atoms with Gasteiger partial charge in [-0.05, 0) is 13.0 Å². The fourth-order valence-corrected chi connectivity index (χ4v) is 1.54. The summed E-state index contributed by atoms with van der Waals surface area (Å²) in [7, 11) is 0. The van der Waals surface area contributed by atoms with Crippen LogP contribution in [0.1, 0.15) is 23.1 Å². The van der Waals surface area contributed by atoms with Gasteiger partial charge in [0.25, 0.3) is 5.91 Å². The molecule has 2 heterocycles. The standard InChI is InChI=1S/C10H12ClN5O/c1-2-16-4-3-7(15-16)5-12-10(17)9-8(11)6-13-14-9/h3-4,6H,2,5H2,1H3,(H,12,17)(H,13,14). The van der Waals surface area contributed by atoms with Crippen LogP contribution in [0.2, 0.25) is 5.02 Å². The van der Waals surface area contributed by atoms with Gasteiger partial charge in [-0.2, -0.15) is 10.2 Å². The molecule has 0 saturated carbocycles. The van der Waals surface area contributed by atoms with E-state index in [1.807, 2.05) is 19.2 Å². The van der Waals surface area contributed by atoms with Crippen molar-refractivity contribution >= 4 is 17.5 Å². The van der Waals surface area contributed by atoms with Gasteiger partial charge < -0.3 is 5.32 Å². The van der Waals surface area contributed by atoms with Crippen molar-refractivity contribution in [3.63, 3.8) is 0 Å². The predicted molar refractivity (Wildman–Crippen MR) is 62.7 cm³/mol. The number of rotatable bonds is 4. The molecule has 0 radical (unpaired) electrons. The molecule has 0 aliphatic rings. The summed E-state index contributed by atoms with van der Waals surface area (Å²) in [4.78, 5) is 11.7. The van der Waals surface area contributed by atoms with Gasteiger partial charge in [0, 0.05) is 12.7 Å². The van der Waals surface area contributed by atoms with Crippen molar-refractivity contribution < 1.29 is 4.79 Å². The summed E-state index contributed by atoms with van der Waals surface area (Å²) >= 11 is 5.77. The van der Waals surface area contributed by atoms with Crippen LogP contribution in [-0.2, 0) is 13.1 Å². The summed E-state index contributed by atoms with van der Waals surface area (Å²) < 4.78 is 1.80. The van der Waals surface area contributed by atoms with E-state index < -0.39 is 0 Å². The lowest BCUT2D eigenvalue weighted by Crippen LogP contribution is -2.23. The van der Waals surface area contributed by atoms with Gasteiger partial charge in [0.05, 0.1) is 23.5 Å². The molecule has 0 saturated heterocycles. The van der Waals surface area contributed by atoms with Crippen LogP contribution in [0.25, 0.3) is 0 Å². The number of aromatic nitrogens is 4. The highest BCUT2D eigenvalue weighted by atomic mass is 35.5. The largest absolute Gasteiger partial charge is 0.345 e. The molecule has 0 bridgehead atoms. The van der Waals surface area contributed by atoms with E-state index in [1.54, 1.807) is 4.68 Å². The molecule has 90 valence electrons. The molecule has 1 amide bonds. The zero-order valence-corrected chi connectivity index (χ0v) is 10.0. The summed E-state index contributed by atoms with van der Waals surface area (Å²) in [6, 6.07) is 1.86. The first-order valence-electron chi connectivity index (χ1n) is 5.20. The SMILES string of the molecule is CCn1ccc(CNC(=O)c2[nH]ncc2Cl)n1. The van der Waals surface area contributed by atoms with E-state index in [9.17, 15) is 4.79 Å². The Bertz CT molecular complexity index is 518. The number of amides is 1. The first-order valence-corrected chi connectivity index (χ1v) is 5.58. The number of nitrogens with zero attached hydrogens (tertiary/aromatic N) is 3. The highest BCUT2D eigenvalue weighted by Gasteiger charge is 2.12.